The van der Waals surface area contributed by atoms with Gasteiger partial charge in [0.1, 0.15) is 0 Å². The average molecular weight is 395 g/mol. The molecule has 6 nitrogen and oxygen atoms in total. The predicted molar refractivity (Wildman–Crippen MR) is 113 cm³/mol. The first-order valence-corrected chi connectivity index (χ1v) is 9.82. The van der Waals surface area contributed by atoms with E-state index < -0.39 is 0 Å². The van der Waals surface area contributed by atoms with Gasteiger partial charge < -0.3 is 10.6 Å². The van der Waals surface area contributed by atoms with E-state index >= 15 is 0 Å². The standard InChI is InChI=1S/C21H22N4O2S/c1-14-7-8-19(15(2)11-14)25-10-9-22-21(25)28-13-20(27)24-18-6-4-5-17(12-18)23-16(3)26/h4-12H,13H2,1-3H3,(H,23,26)(H,24,27). The number of benzene rings is 2. The molecule has 0 aliphatic heterocycles. The summed E-state index contributed by atoms with van der Waals surface area (Å²) in [6.07, 6.45) is 3.63. The highest BCUT2D eigenvalue weighted by Gasteiger charge is 2.11. The molecule has 0 unspecified atom stereocenters. The van der Waals surface area contributed by atoms with Gasteiger partial charge in [-0.05, 0) is 43.7 Å². The average Bonchev–Trinajstić information content (AvgIpc) is 3.08. The maximum absolute atomic E-state index is 12.3. The first kappa shape index (κ1) is 19.7. The zero-order chi connectivity index (χ0) is 20.1. The molecule has 2 amide bonds. The molecule has 0 radical (unpaired) electrons. The summed E-state index contributed by atoms with van der Waals surface area (Å²) in [6.45, 7) is 5.57. The molecule has 3 rings (SSSR count). The molecule has 3 aromatic rings. The van der Waals surface area contributed by atoms with Crippen molar-refractivity contribution < 1.29 is 9.59 Å². The molecule has 0 aliphatic rings. The third kappa shape index (κ3) is 5.01. The molecule has 0 aliphatic carbocycles. The predicted octanol–water partition coefficient (Wildman–Crippen LogP) is 4.18. The van der Waals surface area contributed by atoms with Crippen molar-refractivity contribution in [1.29, 1.82) is 0 Å². The van der Waals surface area contributed by atoms with Crippen molar-refractivity contribution in [3.05, 3.63) is 66.0 Å². The molecule has 0 saturated heterocycles. The fourth-order valence-corrected chi connectivity index (χ4v) is 3.63. The fraction of sp³-hybridized carbons (Fsp3) is 0.190. The van der Waals surface area contributed by atoms with Crippen molar-refractivity contribution in [2.45, 2.75) is 25.9 Å². The molecule has 0 saturated carbocycles. The molecular formula is C21H22N4O2S. The van der Waals surface area contributed by atoms with Crippen LogP contribution in [0.5, 0.6) is 0 Å². The lowest BCUT2D eigenvalue weighted by molar-refractivity contribution is -0.114. The number of thioether (sulfide) groups is 1. The molecule has 1 aromatic heterocycles. The van der Waals surface area contributed by atoms with Crippen molar-refractivity contribution in [3.63, 3.8) is 0 Å². The molecule has 144 valence electrons. The van der Waals surface area contributed by atoms with Crippen LogP contribution >= 0.6 is 11.8 Å². The van der Waals surface area contributed by atoms with E-state index in [1.165, 1.54) is 24.2 Å². The third-order valence-electron chi connectivity index (χ3n) is 4.02. The van der Waals surface area contributed by atoms with Crippen molar-refractivity contribution in [1.82, 2.24) is 9.55 Å². The summed E-state index contributed by atoms with van der Waals surface area (Å²) in [4.78, 5) is 27.9. The van der Waals surface area contributed by atoms with Gasteiger partial charge in [0.15, 0.2) is 5.16 Å². The van der Waals surface area contributed by atoms with Crippen LogP contribution in [-0.4, -0.2) is 27.1 Å². The molecule has 0 atom stereocenters. The Balaban J connectivity index is 1.65. The Morgan fingerprint density at radius 2 is 1.82 bits per heavy atom. The van der Waals surface area contributed by atoms with Crippen LogP contribution in [0.3, 0.4) is 0 Å². The van der Waals surface area contributed by atoms with Gasteiger partial charge in [0, 0.05) is 30.7 Å². The van der Waals surface area contributed by atoms with Crippen LogP contribution in [0.25, 0.3) is 5.69 Å². The molecule has 2 aromatic carbocycles. The van der Waals surface area contributed by atoms with Crippen LogP contribution in [0.4, 0.5) is 11.4 Å². The minimum absolute atomic E-state index is 0.139. The van der Waals surface area contributed by atoms with Crippen LogP contribution in [-0.2, 0) is 9.59 Å². The normalized spacial score (nSPS) is 10.5. The molecule has 2 N–H and O–H groups in total. The van der Waals surface area contributed by atoms with Crippen molar-refractivity contribution in [2.24, 2.45) is 0 Å². The molecule has 28 heavy (non-hydrogen) atoms. The van der Waals surface area contributed by atoms with E-state index in [2.05, 4.69) is 47.7 Å². The largest absolute Gasteiger partial charge is 0.326 e. The Morgan fingerprint density at radius 3 is 2.54 bits per heavy atom. The van der Waals surface area contributed by atoms with Crippen molar-refractivity contribution in [3.8, 4) is 5.69 Å². The lowest BCUT2D eigenvalue weighted by Crippen LogP contribution is -2.15. The zero-order valence-electron chi connectivity index (χ0n) is 16.0. The number of hydrogen-bond donors (Lipinski definition) is 2. The van der Waals surface area contributed by atoms with E-state index in [9.17, 15) is 9.59 Å². The van der Waals surface area contributed by atoms with Gasteiger partial charge in [-0.25, -0.2) is 4.98 Å². The maximum Gasteiger partial charge on any atom is 0.234 e. The second-order valence-electron chi connectivity index (χ2n) is 6.47. The van der Waals surface area contributed by atoms with E-state index in [0.29, 0.717) is 11.4 Å². The lowest BCUT2D eigenvalue weighted by atomic mass is 10.1. The first-order valence-electron chi connectivity index (χ1n) is 8.83. The summed E-state index contributed by atoms with van der Waals surface area (Å²) in [7, 11) is 0. The highest BCUT2D eigenvalue weighted by molar-refractivity contribution is 7.99. The van der Waals surface area contributed by atoms with Gasteiger partial charge in [-0.3, -0.25) is 14.2 Å². The van der Waals surface area contributed by atoms with E-state index in [0.717, 1.165) is 16.4 Å². The Labute approximate surface area is 168 Å². The summed E-state index contributed by atoms with van der Waals surface area (Å²) in [5, 5.41) is 6.31. The van der Waals surface area contributed by atoms with E-state index in [4.69, 9.17) is 0 Å². The Bertz CT molecular complexity index is 1010. The van der Waals surface area contributed by atoms with Crippen LogP contribution in [0.2, 0.25) is 0 Å². The summed E-state index contributed by atoms with van der Waals surface area (Å²) >= 11 is 1.37. The minimum Gasteiger partial charge on any atom is -0.326 e. The first-order chi connectivity index (χ1) is 13.4. The highest BCUT2D eigenvalue weighted by Crippen LogP contribution is 2.24. The summed E-state index contributed by atoms with van der Waals surface area (Å²) in [6, 6.07) is 13.3. The van der Waals surface area contributed by atoms with Crippen LogP contribution in [0.15, 0.2) is 60.0 Å². The van der Waals surface area contributed by atoms with E-state index in [-0.39, 0.29) is 17.6 Å². The topological polar surface area (TPSA) is 76.0 Å². The van der Waals surface area contributed by atoms with Gasteiger partial charge in [-0.15, -0.1) is 0 Å². The van der Waals surface area contributed by atoms with Crippen LogP contribution in [0.1, 0.15) is 18.1 Å². The SMILES string of the molecule is CC(=O)Nc1cccc(NC(=O)CSc2nccn2-c2ccc(C)cc2C)c1. The maximum atomic E-state index is 12.3. The van der Waals surface area contributed by atoms with E-state index in [1.54, 1.807) is 30.5 Å². The van der Waals surface area contributed by atoms with Crippen LogP contribution < -0.4 is 10.6 Å². The molecule has 0 bridgehead atoms. The monoisotopic (exact) mass is 394 g/mol. The number of carbonyl (C=O) groups excluding carboxylic acids is 2. The number of anilines is 2. The van der Waals surface area contributed by atoms with Gasteiger partial charge in [-0.1, -0.05) is 35.5 Å². The second-order valence-corrected chi connectivity index (χ2v) is 7.41. The Hall–Kier alpha value is -3.06. The Kier molecular flexibility index (Phi) is 6.16. The number of imidazole rings is 1. The number of hydrogen-bond acceptors (Lipinski definition) is 4. The highest BCUT2D eigenvalue weighted by atomic mass is 32.2. The van der Waals surface area contributed by atoms with Gasteiger partial charge in [0.2, 0.25) is 11.8 Å². The van der Waals surface area contributed by atoms with Crippen LogP contribution in [0, 0.1) is 13.8 Å². The number of nitrogens with one attached hydrogen (secondary N) is 2. The molecule has 0 fully saturated rings. The van der Waals surface area contributed by atoms with Gasteiger partial charge in [0.05, 0.1) is 11.4 Å². The number of amides is 2. The number of aromatic nitrogens is 2. The number of nitrogens with zero attached hydrogens (tertiary/aromatic N) is 2. The smallest absolute Gasteiger partial charge is 0.234 e. The number of carbonyl (C=O) groups is 2. The van der Waals surface area contributed by atoms with Gasteiger partial charge in [-0.2, -0.15) is 0 Å². The van der Waals surface area contributed by atoms with Crippen molar-refractivity contribution in [2.75, 3.05) is 16.4 Å². The fourth-order valence-electron chi connectivity index (χ4n) is 2.86. The molecule has 0 spiro atoms. The Morgan fingerprint density at radius 1 is 1.07 bits per heavy atom. The number of rotatable bonds is 6. The molecule has 7 heteroatoms. The summed E-state index contributed by atoms with van der Waals surface area (Å²) in [5.74, 6) is -0.0656. The third-order valence-corrected chi connectivity index (χ3v) is 4.98. The molecular weight excluding hydrogens is 372 g/mol. The van der Waals surface area contributed by atoms with E-state index in [1.807, 2.05) is 10.8 Å². The molecule has 1 heterocycles. The van der Waals surface area contributed by atoms with Gasteiger partial charge in [0.25, 0.3) is 0 Å². The lowest BCUT2D eigenvalue weighted by Gasteiger charge is -2.11. The van der Waals surface area contributed by atoms with Crippen molar-refractivity contribution >= 4 is 35.0 Å². The summed E-state index contributed by atoms with van der Waals surface area (Å²) < 4.78 is 1.99. The van der Waals surface area contributed by atoms with Gasteiger partial charge >= 0.3 is 0 Å². The quantitative estimate of drug-likeness (QED) is 0.615. The minimum atomic E-state index is -0.155. The zero-order valence-corrected chi connectivity index (χ0v) is 16.8. The number of aryl methyl sites for hydroxylation is 2. The second kappa shape index (κ2) is 8.75. The summed E-state index contributed by atoms with van der Waals surface area (Å²) in [5.41, 5.74) is 4.68.